The zero-order valence-corrected chi connectivity index (χ0v) is 22.3. The fourth-order valence-corrected chi connectivity index (χ4v) is 6.15. The van der Waals surface area contributed by atoms with Crippen molar-refractivity contribution in [3.8, 4) is 11.3 Å². The first-order valence-corrected chi connectivity index (χ1v) is 14.0. The third kappa shape index (κ3) is 5.49. The standard InChI is InChI=1S/C26H24ClF3N6O2S/c1-13-10-19(34-20-12-32-26(35-24(13)20)33-15-8-6-14(31)7-9-15)16-11-18(28)25(23(30)22(16)29)36-39(37,38)21-5-3-2-4-17(21)27/h2-5,10-12,14-15,36H,6-9,31H2,1H3,(H,32,33,35). The lowest BCUT2D eigenvalue weighted by molar-refractivity contribution is 0.410. The molecular formula is C26H24ClF3N6O2S. The number of nitrogens with zero attached hydrogens (tertiary/aromatic N) is 3. The molecule has 0 amide bonds. The summed E-state index contributed by atoms with van der Waals surface area (Å²) >= 11 is 5.91. The Kier molecular flexibility index (Phi) is 7.36. The predicted octanol–water partition coefficient (Wildman–Crippen LogP) is 5.55. The number of aryl methyl sites for hydroxylation is 1. The van der Waals surface area contributed by atoms with E-state index in [4.69, 9.17) is 17.3 Å². The average molecular weight is 577 g/mol. The minimum absolute atomic E-state index is 0.0682. The second kappa shape index (κ2) is 10.6. The van der Waals surface area contributed by atoms with E-state index in [1.165, 1.54) is 30.5 Å². The highest BCUT2D eigenvalue weighted by molar-refractivity contribution is 7.92. The van der Waals surface area contributed by atoms with Crippen molar-refractivity contribution in [3.63, 3.8) is 0 Å². The molecule has 5 rings (SSSR count). The Morgan fingerprint density at radius 1 is 1.03 bits per heavy atom. The molecule has 204 valence electrons. The van der Waals surface area contributed by atoms with Gasteiger partial charge in [0.1, 0.15) is 16.1 Å². The molecule has 0 atom stereocenters. The monoisotopic (exact) mass is 576 g/mol. The number of anilines is 2. The quantitative estimate of drug-likeness (QED) is 0.257. The summed E-state index contributed by atoms with van der Waals surface area (Å²) < 4.78 is 72.3. The van der Waals surface area contributed by atoms with Crippen molar-refractivity contribution < 1.29 is 21.6 Å². The molecule has 1 aliphatic carbocycles. The Morgan fingerprint density at radius 3 is 2.46 bits per heavy atom. The van der Waals surface area contributed by atoms with Crippen LogP contribution >= 0.6 is 11.6 Å². The van der Waals surface area contributed by atoms with Crippen molar-refractivity contribution >= 4 is 44.3 Å². The van der Waals surface area contributed by atoms with Crippen LogP contribution in [0.4, 0.5) is 24.8 Å². The second-order valence-electron chi connectivity index (χ2n) is 9.45. The van der Waals surface area contributed by atoms with E-state index in [1.807, 2.05) is 0 Å². The first-order chi connectivity index (χ1) is 18.5. The van der Waals surface area contributed by atoms with Gasteiger partial charge in [-0.2, -0.15) is 0 Å². The van der Waals surface area contributed by atoms with E-state index >= 15 is 13.2 Å². The molecule has 4 aromatic rings. The number of pyridine rings is 1. The van der Waals surface area contributed by atoms with E-state index < -0.39 is 43.6 Å². The van der Waals surface area contributed by atoms with Gasteiger partial charge in [-0.05, 0) is 62.4 Å². The summed E-state index contributed by atoms with van der Waals surface area (Å²) in [5, 5.41) is 3.14. The summed E-state index contributed by atoms with van der Waals surface area (Å²) in [6.07, 6.45) is 5.08. The Hall–Kier alpha value is -3.48. The first-order valence-electron chi connectivity index (χ1n) is 12.1. The first kappa shape index (κ1) is 27.1. The van der Waals surface area contributed by atoms with E-state index in [2.05, 4.69) is 20.3 Å². The maximum absolute atomic E-state index is 15.2. The van der Waals surface area contributed by atoms with Gasteiger partial charge in [0.25, 0.3) is 10.0 Å². The summed E-state index contributed by atoms with van der Waals surface area (Å²) in [7, 11) is -4.51. The van der Waals surface area contributed by atoms with Gasteiger partial charge in [0, 0.05) is 17.6 Å². The number of hydrogen-bond donors (Lipinski definition) is 3. The highest BCUT2D eigenvalue weighted by Gasteiger charge is 2.27. The van der Waals surface area contributed by atoms with Crippen molar-refractivity contribution in [3.05, 3.63) is 70.6 Å². The Balaban J connectivity index is 1.46. The van der Waals surface area contributed by atoms with Crippen molar-refractivity contribution in [2.75, 3.05) is 10.0 Å². The van der Waals surface area contributed by atoms with Crippen LogP contribution in [-0.2, 0) is 10.0 Å². The maximum Gasteiger partial charge on any atom is 0.263 e. The van der Waals surface area contributed by atoms with E-state index in [9.17, 15) is 8.42 Å². The molecule has 39 heavy (non-hydrogen) atoms. The van der Waals surface area contributed by atoms with Gasteiger partial charge in [-0.15, -0.1) is 0 Å². The molecule has 2 heterocycles. The third-order valence-corrected chi connectivity index (χ3v) is 8.49. The van der Waals surface area contributed by atoms with Crippen molar-refractivity contribution in [1.82, 2.24) is 15.0 Å². The zero-order chi connectivity index (χ0) is 27.9. The smallest absolute Gasteiger partial charge is 0.263 e. The Labute approximate surface area is 227 Å². The number of halogens is 4. The normalized spacial score (nSPS) is 17.8. The SMILES string of the molecule is Cc1cc(-c2cc(F)c(NS(=O)(=O)c3ccccc3Cl)c(F)c2F)nc2cnc(NC3CCC(N)CC3)nc12. The molecule has 1 fully saturated rings. The van der Waals surface area contributed by atoms with Crippen LogP contribution in [0.2, 0.25) is 5.02 Å². The number of benzene rings is 2. The van der Waals surface area contributed by atoms with Crippen LogP contribution in [0.25, 0.3) is 22.3 Å². The van der Waals surface area contributed by atoms with Crippen LogP contribution in [-0.4, -0.2) is 35.5 Å². The largest absolute Gasteiger partial charge is 0.351 e. The number of aromatic nitrogens is 3. The summed E-state index contributed by atoms with van der Waals surface area (Å²) in [5.41, 5.74) is 5.61. The van der Waals surface area contributed by atoms with Gasteiger partial charge in [-0.25, -0.2) is 36.5 Å². The second-order valence-corrected chi connectivity index (χ2v) is 11.5. The number of nitrogens with one attached hydrogen (secondary N) is 2. The Morgan fingerprint density at radius 2 is 1.74 bits per heavy atom. The van der Waals surface area contributed by atoms with E-state index in [0.717, 1.165) is 31.7 Å². The topological polar surface area (TPSA) is 123 Å². The number of nitrogens with two attached hydrogens (primary N) is 1. The van der Waals surface area contributed by atoms with E-state index in [1.54, 1.807) is 11.6 Å². The van der Waals surface area contributed by atoms with Crippen molar-refractivity contribution in [2.45, 2.75) is 49.6 Å². The lowest BCUT2D eigenvalue weighted by Gasteiger charge is -2.26. The minimum Gasteiger partial charge on any atom is -0.351 e. The summed E-state index contributed by atoms with van der Waals surface area (Å²) in [5.74, 6) is -4.11. The van der Waals surface area contributed by atoms with Gasteiger partial charge in [-0.3, -0.25) is 4.72 Å². The third-order valence-electron chi connectivity index (χ3n) is 6.64. The average Bonchev–Trinajstić information content (AvgIpc) is 2.90. The molecule has 0 aliphatic heterocycles. The molecule has 13 heteroatoms. The van der Waals surface area contributed by atoms with E-state index in [0.29, 0.717) is 28.6 Å². The molecule has 1 aliphatic rings. The highest BCUT2D eigenvalue weighted by Crippen LogP contribution is 2.34. The van der Waals surface area contributed by atoms with Gasteiger partial charge in [0.15, 0.2) is 17.5 Å². The van der Waals surface area contributed by atoms with Crippen molar-refractivity contribution in [2.24, 2.45) is 5.73 Å². The lowest BCUT2D eigenvalue weighted by atomic mass is 9.92. The molecule has 0 saturated heterocycles. The molecular weight excluding hydrogens is 553 g/mol. The molecule has 0 radical (unpaired) electrons. The van der Waals surface area contributed by atoms with Crippen LogP contribution < -0.4 is 15.8 Å². The van der Waals surface area contributed by atoms with Gasteiger partial charge >= 0.3 is 0 Å². The molecule has 0 unspecified atom stereocenters. The summed E-state index contributed by atoms with van der Waals surface area (Å²) in [6.45, 7) is 1.71. The summed E-state index contributed by atoms with van der Waals surface area (Å²) in [4.78, 5) is 12.7. The minimum atomic E-state index is -4.51. The number of hydrogen-bond acceptors (Lipinski definition) is 7. The zero-order valence-electron chi connectivity index (χ0n) is 20.7. The molecule has 2 aromatic carbocycles. The van der Waals surface area contributed by atoms with Gasteiger partial charge in [0.2, 0.25) is 5.95 Å². The number of sulfonamides is 1. The van der Waals surface area contributed by atoms with Gasteiger partial charge in [0.05, 0.1) is 22.4 Å². The molecule has 2 aromatic heterocycles. The van der Waals surface area contributed by atoms with Crippen LogP contribution in [0.1, 0.15) is 31.2 Å². The fourth-order valence-electron chi connectivity index (χ4n) is 4.56. The van der Waals surface area contributed by atoms with Crippen molar-refractivity contribution in [1.29, 1.82) is 0 Å². The molecule has 8 nitrogen and oxygen atoms in total. The fraction of sp³-hybridized carbons (Fsp3) is 0.269. The highest BCUT2D eigenvalue weighted by atomic mass is 35.5. The molecule has 1 saturated carbocycles. The van der Waals surface area contributed by atoms with Gasteiger partial charge in [-0.1, -0.05) is 23.7 Å². The maximum atomic E-state index is 15.2. The summed E-state index contributed by atoms with van der Waals surface area (Å²) in [6, 6.07) is 7.87. The molecule has 0 spiro atoms. The van der Waals surface area contributed by atoms with Crippen LogP contribution in [0.5, 0.6) is 0 Å². The lowest BCUT2D eigenvalue weighted by Crippen LogP contribution is -2.33. The van der Waals surface area contributed by atoms with Crippen LogP contribution in [0, 0.1) is 24.4 Å². The number of rotatable bonds is 6. The Bertz CT molecular complexity index is 1680. The van der Waals surface area contributed by atoms with Crippen LogP contribution in [0.15, 0.2) is 47.5 Å². The van der Waals surface area contributed by atoms with E-state index in [-0.39, 0.29) is 22.8 Å². The number of fused-ring (bicyclic) bond motifs is 1. The van der Waals surface area contributed by atoms with Crippen LogP contribution in [0.3, 0.4) is 0 Å². The predicted molar refractivity (Wildman–Crippen MR) is 143 cm³/mol. The van der Waals surface area contributed by atoms with Gasteiger partial charge < -0.3 is 11.1 Å². The molecule has 4 N–H and O–H groups in total. The molecule has 0 bridgehead atoms.